The lowest BCUT2D eigenvalue weighted by molar-refractivity contribution is -0.914. The third-order valence-corrected chi connectivity index (χ3v) is 6.34. The van der Waals surface area contributed by atoms with Crippen LogP contribution in [0.3, 0.4) is 0 Å². The first-order chi connectivity index (χ1) is 15.6. The molecule has 0 bridgehead atoms. The van der Waals surface area contributed by atoms with E-state index in [2.05, 4.69) is 21.4 Å². The molecule has 1 aliphatic heterocycles. The Morgan fingerprint density at radius 3 is 2.69 bits per heavy atom. The number of nitrogens with zero attached hydrogens (tertiary/aromatic N) is 4. The molecule has 0 spiro atoms. The molecule has 7 heteroatoms. The highest BCUT2D eigenvalue weighted by atomic mass is 19.1. The second-order valence-corrected chi connectivity index (χ2v) is 8.30. The molecule has 32 heavy (non-hydrogen) atoms. The van der Waals surface area contributed by atoms with E-state index in [4.69, 9.17) is 9.72 Å². The van der Waals surface area contributed by atoms with Gasteiger partial charge in [0.2, 0.25) is 0 Å². The molecule has 4 aromatic rings. The molecule has 2 aromatic carbocycles. The summed E-state index contributed by atoms with van der Waals surface area (Å²) in [5, 5.41) is 9.72. The highest BCUT2D eigenvalue weighted by Crippen LogP contribution is 2.28. The number of methoxy groups -OCH3 is 1. The van der Waals surface area contributed by atoms with Crippen LogP contribution in [-0.4, -0.2) is 42.7 Å². The minimum atomic E-state index is -0.235. The van der Waals surface area contributed by atoms with Crippen molar-refractivity contribution >= 4 is 22.5 Å². The minimum absolute atomic E-state index is 0.235. The van der Waals surface area contributed by atoms with Gasteiger partial charge in [0.15, 0.2) is 5.65 Å². The van der Waals surface area contributed by atoms with Crippen molar-refractivity contribution in [2.75, 3.05) is 38.2 Å². The zero-order valence-corrected chi connectivity index (χ0v) is 18.2. The molecule has 2 aromatic heterocycles. The number of aryl methyl sites for hydroxylation is 1. The van der Waals surface area contributed by atoms with Crippen LogP contribution in [0.25, 0.3) is 16.7 Å². The maximum absolute atomic E-state index is 13.8. The Labute approximate surface area is 186 Å². The molecule has 0 radical (unpaired) electrons. The first kappa shape index (κ1) is 20.3. The number of ether oxygens (including phenoxy) is 1. The van der Waals surface area contributed by atoms with Crippen LogP contribution in [0.4, 0.5) is 10.2 Å². The number of rotatable bonds is 4. The fourth-order valence-corrected chi connectivity index (χ4v) is 4.69. The predicted molar refractivity (Wildman–Crippen MR) is 122 cm³/mol. The van der Waals surface area contributed by atoms with Crippen LogP contribution in [-0.2, 0) is 6.54 Å². The summed E-state index contributed by atoms with van der Waals surface area (Å²) in [6.07, 6.45) is 0. The Hall–Kier alpha value is -3.63. The lowest BCUT2D eigenvalue weighted by atomic mass is 10.1. The zero-order chi connectivity index (χ0) is 22.2. The van der Waals surface area contributed by atoms with E-state index >= 15 is 0 Å². The maximum atomic E-state index is 13.8. The van der Waals surface area contributed by atoms with Gasteiger partial charge in [0, 0.05) is 0 Å². The third-order valence-electron chi connectivity index (χ3n) is 6.34. The average molecular weight is 431 g/mol. The normalized spacial score (nSPS) is 14.8. The summed E-state index contributed by atoms with van der Waals surface area (Å²) >= 11 is 0. The van der Waals surface area contributed by atoms with Crippen molar-refractivity contribution < 1.29 is 14.0 Å². The number of pyridine rings is 1. The first-order valence-electron chi connectivity index (χ1n) is 10.8. The fourth-order valence-electron chi connectivity index (χ4n) is 4.69. The number of para-hydroxylation sites is 2. The van der Waals surface area contributed by atoms with Crippen LogP contribution in [0.1, 0.15) is 16.7 Å². The molecule has 1 aliphatic rings. The number of benzene rings is 2. The van der Waals surface area contributed by atoms with Gasteiger partial charge in [0.05, 0.1) is 55.4 Å². The first-order valence-corrected chi connectivity index (χ1v) is 10.8. The standard InChI is InChI=1S/C25H24FN5O/c1-17-13-24(31-22-6-4-3-5-21(22)28-25(31)20(17)15-27)30-11-9-29(10-12-30)16-18-14-19(26)7-8-23(18)32-2/h3-8,13-14H,9-12,16H2,1-2H3/p+1. The van der Waals surface area contributed by atoms with E-state index < -0.39 is 0 Å². The van der Waals surface area contributed by atoms with E-state index in [0.29, 0.717) is 11.2 Å². The van der Waals surface area contributed by atoms with Crippen LogP contribution >= 0.6 is 0 Å². The quantitative estimate of drug-likeness (QED) is 0.541. The topological polar surface area (TPSA) is 58.0 Å². The lowest BCUT2D eigenvalue weighted by Crippen LogP contribution is -3.13. The van der Waals surface area contributed by atoms with Crippen LogP contribution in [0.2, 0.25) is 0 Å². The molecule has 6 nitrogen and oxygen atoms in total. The Balaban J connectivity index is 1.45. The average Bonchev–Trinajstić information content (AvgIpc) is 3.19. The zero-order valence-electron chi connectivity index (χ0n) is 18.2. The number of quaternary nitrogens is 1. The minimum Gasteiger partial charge on any atom is -0.496 e. The van der Waals surface area contributed by atoms with E-state index in [1.54, 1.807) is 19.2 Å². The summed E-state index contributed by atoms with van der Waals surface area (Å²) < 4.78 is 21.3. The van der Waals surface area contributed by atoms with Crippen molar-refractivity contribution in [1.82, 2.24) is 9.38 Å². The molecule has 3 heterocycles. The number of halogens is 1. The molecule has 0 atom stereocenters. The monoisotopic (exact) mass is 430 g/mol. The van der Waals surface area contributed by atoms with Gasteiger partial charge >= 0.3 is 0 Å². The lowest BCUT2D eigenvalue weighted by Gasteiger charge is -2.34. The molecular weight excluding hydrogens is 405 g/mol. The summed E-state index contributed by atoms with van der Waals surface area (Å²) in [6.45, 7) is 6.27. The largest absolute Gasteiger partial charge is 0.496 e. The Kier molecular flexibility index (Phi) is 5.16. The number of imidazole rings is 1. The van der Waals surface area contributed by atoms with Crippen molar-refractivity contribution in [1.29, 1.82) is 5.26 Å². The van der Waals surface area contributed by atoms with Crippen LogP contribution < -0.4 is 14.5 Å². The van der Waals surface area contributed by atoms with Crippen molar-refractivity contribution in [3.8, 4) is 11.8 Å². The summed E-state index contributed by atoms with van der Waals surface area (Å²) in [7, 11) is 1.62. The summed E-state index contributed by atoms with van der Waals surface area (Å²) in [5.74, 6) is 1.56. The second-order valence-electron chi connectivity index (χ2n) is 8.30. The van der Waals surface area contributed by atoms with Crippen molar-refractivity contribution in [2.45, 2.75) is 13.5 Å². The molecule has 0 saturated carbocycles. The predicted octanol–water partition coefficient (Wildman–Crippen LogP) is 2.72. The molecule has 0 amide bonds. The maximum Gasteiger partial charge on any atom is 0.157 e. The molecular formula is C25H25FN5O+. The third kappa shape index (κ3) is 3.43. The van der Waals surface area contributed by atoms with Gasteiger partial charge in [-0.3, -0.25) is 4.40 Å². The number of hydrogen-bond acceptors (Lipinski definition) is 4. The Bertz CT molecular complexity index is 1350. The molecule has 1 fully saturated rings. The van der Waals surface area contributed by atoms with Gasteiger partial charge in [0.25, 0.3) is 0 Å². The number of piperazine rings is 1. The van der Waals surface area contributed by atoms with Crippen LogP contribution in [0.5, 0.6) is 5.75 Å². The summed E-state index contributed by atoms with van der Waals surface area (Å²) in [5.41, 5.74) is 5.06. The second kappa shape index (κ2) is 8.13. The van der Waals surface area contributed by atoms with Gasteiger partial charge in [-0.05, 0) is 48.9 Å². The summed E-state index contributed by atoms with van der Waals surface area (Å²) in [4.78, 5) is 8.51. The molecule has 5 rings (SSSR count). The molecule has 0 aliphatic carbocycles. The molecule has 162 valence electrons. The highest BCUT2D eigenvalue weighted by molar-refractivity contribution is 5.85. The van der Waals surface area contributed by atoms with E-state index in [9.17, 15) is 9.65 Å². The number of fused-ring (bicyclic) bond motifs is 3. The number of hydrogen-bond donors (Lipinski definition) is 1. The van der Waals surface area contributed by atoms with Gasteiger partial charge in [-0.2, -0.15) is 5.26 Å². The van der Waals surface area contributed by atoms with Crippen molar-refractivity contribution in [3.63, 3.8) is 0 Å². The van der Waals surface area contributed by atoms with E-state index in [1.165, 1.54) is 11.0 Å². The molecule has 1 saturated heterocycles. The smallest absolute Gasteiger partial charge is 0.157 e. The van der Waals surface area contributed by atoms with Crippen LogP contribution in [0.15, 0.2) is 48.5 Å². The van der Waals surface area contributed by atoms with Gasteiger partial charge in [-0.15, -0.1) is 0 Å². The number of anilines is 1. The highest BCUT2D eigenvalue weighted by Gasteiger charge is 2.25. The number of nitrogens with one attached hydrogen (secondary N) is 1. The van der Waals surface area contributed by atoms with Gasteiger partial charge in [-0.1, -0.05) is 12.1 Å². The van der Waals surface area contributed by atoms with Gasteiger partial charge in [0.1, 0.15) is 30.0 Å². The van der Waals surface area contributed by atoms with E-state index in [0.717, 1.165) is 66.5 Å². The molecule has 1 N–H and O–H groups in total. The number of nitriles is 1. The SMILES string of the molecule is COc1ccc(F)cc1C[NH+]1CCN(c2cc(C)c(C#N)c3nc4ccccc4n23)CC1. The van der Waals surface area contributed by atoms with E-state index in [1.807, 2.05) is 31.2 Å². The summed E-state index contributed by atoms with van der Waals surface area (Å²) in [6, 6.07) is 17.1. The van der Waals surface area contributed by atoms with Gasteiger partial charge in [-0.25, -0.2) is 9.37 Å². The van der Waals surface area contributed by atoms with Crippen molar-refractivity contribution in [2.24, 2.45) is 0 Å². The number of aromatic nitrogens is 2. The molecule has 0 unspecified atom stereocenters. The van der Waals surface area contributed by atoms with Crippen molar-refractivity contribution in [3.05, 3.63) is 71.0 Å². The Morgan fingerprint density at radius 2 is 1.94 bits per heavy atom. The Morgan fingerprint density at radius 1 is 1.16 bits per heavy atom. The fraction of sp³-hybridized carbons (Fsp3) is 0.280. The van der Waals surface area contributed by atoms with Gasteiger partial charge < -0.3 is 14.5 Å². The van der Waals surface area contributed by atoms with E-state index in [-0.39, 0.29) is 5.82 Å². The van der Waals surface area contributed by atoms with Crippen LogP contribution in [0, 0.1) is 24.1 Å².